The molecule has 2 N–H and O–H groups in total. The molecule has 0 bridgehead atoms. The monoisotopic (exact) mass is 298 g/mol. The van der Waals surface area contributed by atoms with Gasteiger partial charge in [0.15, 0.2) is 0 Å². The Morgan fingerprint density at radius 1 is 1.29 bits per heavy atom. The van der Waals surface area contributed by atoms with E-state index in [0.717, 1.165) is 10.9 Å². The van der Waals surface area contributed by atoms with Gasteiger partial charge in [-0.25, -0.2) is 0 Å². The van der Waals surface area contributed by atoms with Crippen LogP contribution in [0.1, 0.15) is 38.8 Å². The molecule has 0 aliphatic rings. The SMILES string of the molecule is CCC(C)(C)N(C)C(CN)c1ccc(Br)cc1. The molecule has 0 aromatic heterocycles. The quantitative estimate of drug-likeness (QED) is 0.900. The zero-order valence-electron chi connectivity index (χ0n) is 11.2. The summed E-state index contributed by atoms with van der Waals surface area (Å²) in [5, 5.41) is 0. The first-order chi connectivity index (χ1) is 7.92. The fourth-order valence-corrected chi connectivity index (χ4v) is 2.14. The molecule has 1 unspecified atom stereocenters. The topological polar surface area (TPSA) is 29.3 Å². The summed E-state index contributed by atoms with van der Waals surface area (Å²) < 4.78 is 1.11. The van der Waals surface area contributed by atoms with E-state index < -0.39 is 0 Å². The second kappa shape index (κ2) is 5.98. The van der Waals surface area contributed by atoms with E-state index in [-0.39, 0.29) is 11.6 Å². The maximum atomic E-state index is 5.94. The van der Waals surface area contributed by atoms with Crippen LogP contribution >= 0.6 is 15.9 Å². The number of hydrogen-bond acceptors (Lipinski definition) is 2. The first-order valence-electron chi connectivity index (χ1n) is 6.11. The van der Waals surface area contributed by atoms with Gasteiger partial charge in [0.1, 0.15) is 0 Å². The van der Waals surface area contributed by atoms with Crippen molar-refractivity contribution in [2.75, 3.05) is 13.6 Å². The second-order valence-electron chi connectivity index (χ2n) is 5.08. The molecule has 1 rings (SSSR count). The van der Waals surface area contributed by atoms with Crippen LogP contribution in [-0.4, -0.2) is 24.0 Å². The number of rotatable bonds is 5. The lowest BCUT2D eigenvalue weighted by atomic mass is 9.95. The van der Waals surface area contributed by atoms with Crippen LogP contribution in [-0.2, 0) is 0 Å². The highest BCUT2D eigenvalue weighted by Gasteiger charge is 2.27. The Labute approximate surface area is 113 Å². The van der Waals surface area contributed by atoms with Gasteiger partial charge in [0.05, 0.1) is 0 Å². The van der Waals surface area contributed by atoms with E-state index in [1.54, 1.807) is 0 Å². The Kier molecular flexibility index (Phi) is 5.17. The Bertz CT molecular complexity index is 346. The van der Waals surface area contributed by atoms with Crippen LogP contribution in [0, 0.1) is 0 Å². The van der Waals surface area contributed by atoms with Gasteiger partial charge in [-0.2, -0.15) is 0 Å². The maximum absolute atomic E-state index is 5.94. The largest absolute Gasteiger partial charge is 0.329 e. The Balaban J connectivity index is 2.95. The van der Waals surface area contributed by atoms with Crippen LogP contribution in [0.5, 0.6) is 0 Å². The molecule has 0 amide bonds. The predicted octanol–water partition coefficient (Wildman–Crippen LogP) is 3.57. The molecule has 1 atom stereocenters. The van der Waals surface area contributed by atoms with Crippen molar-refractivity contribution < 1.29 is 0 Å². The molecule has 0 spiro atoms. The average Bonchev–Trinajstić information content (AvgIpc) is 2.32. The normalized spacial score (nSPS) is 14.1. The molecule has 0 saturated heterocycles. The van der Waals surface area contributed by atoms with Gasteiger partial charge in [0.25, 0.3) is 0 Å². The van der Waals surface area contributed by atoms with E-state index in [4.69, 9.17) is 5.73 Å². The molecule has 17 heavy (non-hydrogen) atoms. The predicted molar refractivity (Wildman–Crippen MR) is 78.1 cm³/mol. The molecule has 0 aliphatic carbocycles. The number of halogens is 1. The smallest absolute Gasteiger partial charge is 0.0472 e. The molecule has 0 fully saturated rings. The van der Waals surface area contributed by atoms with E-state index in [0.29, 0.717) is 6.54 Å². The van der Waals surface area contributed by atoms with E-state index in [9.17, 15) is 0 Å². The summed E-state index contributed by atoms with van der Waals surface area (Å²) >= 11 is 3.46. The van der Waals surface area contributed by atoms with Crippen molar-refractivity contribution in [3.63, 3.8) is 0 Å². The fraction of sp³-hybridized carbons (Fsp3) is 0.571. The standard InChI is InChI=1S/C14H23BrN2/c1-5-14(2,3)17(4)13(10-16)11-6-8-12(15)9-7-11/h6-9,13H,5,10,16H2,1-4H3. The van der Waals surface area contributed by atoms with Gasteiger partial charge < -0.3 is 5.73 Å². The van der Waals surface area contributed by atoms with Crippen molar-refractivity contribution >= 4 is 15.9 Å². The molecule has 1 aromatic rings. The van der Waals surface area contributed by atoms with Gasteiger partial charge in [0, 0.05) is 22.6 Å². The molecule has 96 valence electrons. The Morgan fingerprint density at radius 2 is 1.82 bits per heavy atom. The van der Waals surface area contributed by atoms with Crippen LogP contribution in [0.15, 0.2) is 28.7 Å². The second-order valence-corrected chi connectivity index (χ2v) is 6.00. The van der Waals surface area contributed by atoms with Gasteiger partial charge in [-0.1, -0.05) is 35.0 Å². The molecule has 0 aliphatic heterocycles. The van der Waals surface area contributed by atoms with Crippen LogP contribution in [0.4, 0.5) is 0 Å². The minimum Gasteiger partial charge on any atom is -0.329 e. The Morgan fingerprint density at radius 3 is 2.24 bits per heavy atom. The van der Waals surface area contributed by atoms with Gasteiger partial charge in [-0.3, -0.25) is 4.90 Å². The van der Waals surface area contributed by atoms with Crippen LogP contribution < -0.4 is 5.73 Å². The minimum absolute atomic E-state index is 0.164. The Hall–Kier alpha value is -0.380. The molecule has 0 radical (unpaired) electrons. The van der Waals surface area contributed by atoms with Gasteiger partial charge in [-0.15, -0.1) is 0 Å². The highest BCUT2D eigenvalue weighted by molar-refractivity contribution is 9.10. The zero-order chi connectivity index (χ0) is 13.1. The average molecular weight is 299 g/mol. The summed E-state index contributed by atoms with van der Waals surface area (Å²) in [4.78, 5) is 2.37. The first kappa shape index (κ1) is 14.7. The lowest BCUT2D eigenvalue weighted by molar-refractivity contribution is 0.100. The number of hydrogen-bond donors (Lipinski definition) is 1. The molecule has 3 heteroatoms. The number of benzene rings is 1. The van der Waals surface area contributed by atoms with Crippen molar-refractivity contribution in [2.24, 2.45) is 5.73 Å². The lowest BCUT2D eigenvalue weighted by Crippen LogP contribution is -2.45. The molecular weight excluding hydrogens is 276 g/mol. The number of nitrogens with zero attached hydrogens (tertiary/aromatic N) is 1. The van der Waals surface area contributed by atoms with Crippen molar-refractivity contribution in [3.05, 3.63) is 34.3 Å². The zero-order valence-corrected chi connectivity index (χ0v) is 12.8. The van der Waals surface area contributed by atoms with Crippen molar-refractivity contribution in [2.45, 2.75) is 38.8 Å². The lowest BCUT2D eigenvalue weighted by Gasteiger charge is -2.40. The number of likely N-dealkylation sites (N-methyl/N-ethyl adjacent to an activating group) is 1. The molecule has 0 saturated carbocycles. The first-order valence-corrected chi connectivity index (χ1v) is 6.90. The van der Waals surface area contributed by atoms with Gasteiger partial charge in [0.2, 0.25) is 0 Å². The molecular formula is C14H23BrN2. The van der Waals surface area contributed by atoms with E-state index in [2.05, 4.69) is 72.9 Å². The fourth-order valence-electron chi connectivity index (χ4n) is 1.87. The summed E-state index contributed by atoms with van der Waals surface area (Å²) in [5.74, 6) is 0. The summed E-state index contributed by atoms with van der Waals surface area (Å²) in [6, 6.07) is 8.71. The molecule has 1 aromatic carbocycles. The summed E-state index contributed by atoms with van der Waals surface area (Å²) in [6.45, 7) is 7.37. The van der Waals surface area contributed by atoms with E-state index >= 15 is 0 Å². The number of nitrogens with two attached hydrogens (primary N) is 1. The van der Waals surface area contributed by atoms with Crippen LogP contribution in [0.25, 0.3) is 0 Å². The summed E-state index contributed by atoms with van der Waals surface area (Å²) in [6.07, 6.45) is 1.11. The third-order valence-corrected chi connectivity index (χ3v) is 4.29. The third-order valence-electron chi connectivity index (χ3n) is 3.77. The molecule has 2 nitrogen and oxygen atoms in total. The van der Waals surface area contributed by atoms with E-state index in [1.165, 1.54) is 5.56 Å². The summed E-state index contributed by atoms with van der Waals surface area (Å²) in [5.41, 5.74) is 7.38. The van der Waals surface area contributed by atoms with Crippen molar-refractivity contribution in [1.29, 1.82) is 0 Å². The highest BCUT2D eigenvalue weighted by Crippen LogP contribution is 2.28. The third kappa shape index (κ3) is 3.54. The minimum atomic E-state index is 0.164. The highest BCUT2D eigenvalue weighted by atomic mass is 79.9. The van der Waals surface area contributed by atoms with Crippen molar-refractivity contribution in [1.82, 2.24) is 4.90 Å². The molecule has 0 heterocycles. The summed E-state index contributed by atoms with van der Waals surface area (Å²) in [7, 11) is 2.16. The van der Waals surface area contributed by atoms with Gasteiger partial charge in [-0.05, 0) is 45.0 Å². The maximum Gasteiger partial charge on any atom is 0.0472 e. The van der Waals surface area contributed by atoms with Crippen LogP contribution in [0.3, 0.4) is 0 Å². The van der Waals surface area contributed by atoms with Crippen LogP contribution in [0.2, 0.25) is 0 Å². The van der Waals surface area contributed by atoms with Crippen molar-refractivity contribution in [3.8, 4) is 0 Å². The van der Waals surface area contributed by atoms with Gasteiger partial charge >= 0.3 is 0 Å². The van der Waals surface area contributed by atoms with E-state index in [1.807, 2.05) is 0 Å².